The molecule has 0 aromatic carbocycles. The summed E-state index contributed by atoms with van der Waals surface area (Å²) in [5.41, 5.74) is 0. The van der Waals surface area contributed by atoms with Gasteiger partial charge in [-0.15, -0.1) is 11.3 Å². The summed E-state index contributed by atoms with van der Waals surface area (Å²) in [6.07, 6.45) is 3.28. The van der Waals surface area contributed by atoms with E-state index in [-0.39, 0.29) is 0 Å². The van der Waals surface area contributed by atoms with Crippen LogP contribution in [0.4, 0.5) is 0 Å². The number of nitrogens with one attached hydrogen (secondary N) is 1. The van der Waals surface area contributed by atoms with Crippen LogP contribution in [-0.4, -0.2) is 35.1 Å². The largest absolute Gasteiger partial charge is 0.311 e. The average molecular weight is 267 g/mol. The fraction of sp³-hybridized carbons (Fsp3) is 0.786. The van der Waals surface area contributed by atoms with Crippen LogP contribution in [0.2, 0.25) is 0 Å². The topological polar surface area (TPSA) is 28.2 Å². The van der Waals surface area contributed by atoms with E-state index in [9.17, 15) is 0 Å². The summed E-state index contributed by atoms with van der Waals surface area (Å²) in [6, 6.07) is 1.26. The minimum atomic E-state index is 0.618. The maximum atomic E-state index is 4.35. The standard InChI is InChI=1S/C14H25N3S/c1-5-10(2)14-9-17(11(3)6-16-14)8-13-7-15-12(4)18-13/h7,10-11,14,16H,5-6,8-9H2,1-4H3. The summed E-state index contributed by atoms with van der Waals surface area (Å²) in [4.78, 5) is 8.34. The van der Waals surface area contributed by atoms with E-state index < -0.39 is 0 Å². The first-order chi connectivity index (χ1) is 8.60. The molecule has 3 unspecified atom stereocenters. The molecular formula is C14H25N3S. The maximum Gasteiger partial charge on any atom is 0.0897 e. The van der Waals surface area contributed by atoms with Crippen molar-refractivity contribution in [2.24, 2.45) is 5.92 Å². The highest BCUT2D eigenvalue weighted by Gasteiger charge is 2.27. The second-order valence-corrected chi connectivity index (χ2v) is 6.84. The molecule has 1 aliphatic heterocycles. The first-order valence-corrected chi connectivity index (χ1v) is 7.80. The van der Waals surface area contributed by atoms with Crippen molar-refractivity contribution in [3.63, 3.8) is 0 Å². The molecule has 0 spiro atoms. The Hall–Kier alpha value is -0.450. The maximum absolute atomic E-state index is 4.35. The van der Waals surface area contributed by atoms with E-state index >= 15 is 0 Å². The highest BCUT2D eigenvalue weighted by molar-refractivity contribution is 7.11. The molecule has 0 saturated carbocycles. The zero-order valence-corrected chi connectivity index (χ0v) is 12.8. The summed E-state index contributed by atoms with van der Waals surface area (Å²) < 4.78 is 0. The van der Waals surface area contributed by atoms with Crippen LogP contribution in [0.5, 0.6) is 0 Å². The van der Waals surface area contributed by atoms with Gasteiger partial charge in [-0.2, -0.15) is 0 Å². The van der Waals surface area contributed by atoms with Crippen LogP contribution in [0, 0.1) is 12.8 Å². The molecule has 0 amide bonds. The summed E-state index contributed by atoms with van der Waals surface area (Å²) in [7, 11) is 0. The van der Waals surface area contributed by atoms with Gasteiger partial charge in [0.1, 0.15) is 0 Å². The third kappa shape index (κ3) is 3.31. The van der Waals surface area contributed by atoms with Gasteiger partial charge >= 0.3 is 0 Å². The van der Waals surface area contributed by atoms with Crippen LogP contribution in [0.15, 0.2) is 6.20 Å². The number of thiazole rings is 1. The molecule has 1 aliphatic rings. The average Bonchev–Trinajstić information content (AvgIpc) is 2.76. The molecule has 0 aliphatic carbocycles. The smallest absolute Gasteiger partial charge is 0.0897 e. The molecule has 2 heterocycles. The second kappa shape index (κ2) is 6.13. The molecule has 0 radical (unpaired) electrons. The van der Waals surface area contributed by atoms with Gasteiger partial charge in [-0.1, -0.05) is 20.3 Å². The quantitative estimate of drug-likeness (QED) is 0.909. The van der Waals surface area contributed by atoms with E-state index in [1.807, 2.05) is 17.5 Å². The third-order valence-corrected chi connectivity index (χ3v) is 4.99. The Morgan fingerprint density at radius 3 is 3.00 bits per heavy atom. The van der Waals surface area contributed by atoms with Crippen LogP contribution in [-0.2, 0) is 6.54 Å². The minimum absolute atomic E-state index is 0.618. The molecule has 1 aromatic rings. The van der Waals surface area contributed by atoms with E-state index in [4.69, 9.17) is 0 Å². The molecule has 1 aromatic heterocycles. The van der Waals surface area contributed by atoms with Gasteiger partial charge in [0.05, 0.1) is 5.01 Å². The molecule has 3 atom stereocenters. The SMILES string of the molecule is CCC(C)C1CN(Cc2cnc(C)s2)C(C)CN1. The van der Waals surface area contributed by atoms with Gasteiger partial charge in [0.2, 0.25) is 0 Å². The van der Waals surface area contributed by atoms with E-state index in [2.05, 4.69) is 42.9 Å². The minimum Gasteiger partial charge on any atom is -0.311 e. The lowest BCUT2D eigenvalue weighted by atomic mass is 9.96. The van der Waals surface area contributed by atoms with Gasteiger partial charge < -0.3 is 5.32 Å². The summed E-state index contributed by atoms with van der Waals surface area (Å²) >= 11 is 1.83. The summed E-state index contributed by atoms with van der Waals surface area (Å²) in [5, 5.41) is 4.86. The van der Waals surface area contributed by atoms with Crippen LogP contribution in [0.3, 0.4) is 0 Å². The predicted molar refractivity (Wildman–Crippen MR) is 78.0 cm³/mol. The highest BCUT2D eigenvalue weighted by Crippen LogP contribution is 2.20. The number of hydrogen-bond acceptors (Lipinski definition) is 4. The zero-order chi connectivity index (χ0) is 13.1. The number of hydrogen-bond donors (Lipinski definition) is 1. The Bertz CT molecular complexity index is 377. The van der Waals surface area contributed by atoms with Gasteiger partial charge in [0.15, 0.2) is 0 Å². The van der Waals surface area contributed by atoms with Gasteiger partial charge in [0.25, 0.3) is 0 Å². The number of aromatic nitrogens is 1. The van der Waals surface area contributed by atoms with E-state index in [1.54, 1.807) is 0 Å². The van der Waals surface area contributed by atoms with Crippen molar-refractivity contribution < 1.29 is 0 Å². The highest BCUT2D eigenvalue weighted by atomic mass is 32.1. The molecule has 3 nitrogen and oxygen atoms in total. The number of rotatable bonds is 4. The van der Waals surface area contributed by atoms with E-state index in [0.717, 1.165) is 25.6 Å². The molecule has 0 bridgehead atoms. The lowest BCUT2D eigenvalue weighted by Crippen LogP contribution is -2.56. The zero-order valence-electron chi connectivity index (χ0n) is 11.9. The fourth-order valence-corrected chi connectivity index (χ4v) is 3.33. The lowest BCUT2D eigenvalue weighted by Gasteiger charge is -2.40. The Morgan fingerprint density at radius 1 is 1.61 bits per heavy atom. The van der Waals surface area contributed by atoms with Gasteiger partial charge in [-0.3, -0.25) is 4.90 Å². The molecule has 102 valence electrons. The van der Waals surface area contributed by atoms with Crippen molar-refractivity contribution in [2.45, 2.75) is 52.7 Å². The van der Waals surface area contributed by atoms with Crippen molar-refractivity contribution in [1.29, 1.82) is 0 Å². The molecule has 1 fully saturated rings. The third-order valence-electron chi connectivity index (χ3n) is 4.09. The Kier molecular flexibility index (Phi) is 4.76. The molecular weight excluding hydrogens is 242 g/mol. The van der Waals surface area contributed by atoms with Crippen LogP contribution < -0.4 is 5.32 Å². The van der Waals surface area contributed by atoms with Crippen LogP contribution in [0.1, 0.15) is 37.1 Å². The fourth-order valence-electron chi connectivity index (χ4n) is 2.51. The summed E-state index contributed by atoms with van der Waals surface area (Å²) in [6.45, 7) is 12.3. The van der Waals surface area contributed by atoms with E-state index in [0.29, 0.717) is 12.1 Å². The van der Waals surface area contributed by atoms with Crippen molar-refractivity contribution in [2.75, 3.05) is 13.1 Å². The predicted octanol–water partition coefficient (Wildman–Crippen LogP) is 2.66. The van der Waals surface area contributed by atoms with Crippen LogP contribution >= 0.6 is 11.3 Å². The molecule has 1 saturated heterocycles. The lowest BCUT2D eigenvalue weighted by molar-refractivity contribution is 0.113. The second-order valence-electron chi connectivity index (χ2n) is 5.52. The Labute approximate surface area is 115 Å². The number of nitrogens with zero attached hydrogens (tertiary/aromatic N) is 2. The van der Waals surface area contributed by atoms with Crippen molar-refractivity contribution in [3.8, 4) is 0 Å². The first kappa shape index (κ1) is 14.0. The molecule has 1 N–H and O–H groups in total. The Balaban J connectivity index is 1.97. The van der Waals surface area contributed by atoms with Crippen molar-refractivity contribution in [3.05, 3.63) is 16.1 Å². The van der Waals surface area contributed by atoms with Gasteiger partial charge in [0, 0.05) is 42.8 Å². The summed E-state index contributed by atoms with van der Waals surface area (Å²) in [5.74, 6) is 0.753. The molecule has 2 rings (SSSR count). The van der Waals surface area contributed by atoms with Gasteiger partial charge in [-0.25, -0.2) is 4.98 Å². The number of aryl methyl sites for hydroxylation is 1. The molecule has 18 heavy (non-hydrogen) atoms. The normalized spacial score (nSPS) is 27.3. The molecule has 4 heteroatoms. The van der Waals surface area contributed by atoms with Crippen LogP contribution in [0.25, 0.3) is 0 Å². The first-order valence-electron chi connectivity index (χ1n) is 6.99. The van der Waals surface area contributed by atoms with Crippen molar-refractivity contribution >= 4 is 11.3 Å². The van der Waals surface area contributed by atoms with Crippen molar-refractivity contribution in [1.82, 2.24) is 15.2 Å². The Morgan fingerprint density at radius 2 is 2.39 bits per heavy atom. The monoisotopic (exact) mass is 267 g/mol. The van der Waals surface area contributed by atoms with Gasteiger partial charge in [-0.05, 0) is 19.8 Å². The number of piperazine rings is 1. The van der Waals surface area contributed by atoms with E-state index in [1.165, 1.54) is 16.3 Å².